The summed E-state index contributed by atoms with van der Waals surface area (Å²) in [4.78, 5) is 4.42. The van der Waals surface area contributed by atoms with Gasteiger partial charge in [-0.15, -0.1) is 0 Å². The lowest BCUT2D eigenvalue weighted by Crippen LogP contribution is -2.05. The number of hydrogen-bond donors (Lipinski definition) is 1. The number of phenols is 1. The van der Waals surface area contributed by atoms with E-state index in [0.29, 0.717) is 44.6 Å². The fraction of sp³-hybridized carbons (Fsp3) is 0.158. The van der Waals surface area contributed by atoms with Gasteiger partial charge in [-0.3, -0.25) is 0 Å². The molecule has 4 aromatic rings. The van der Waals surface area contributed by atoms with E-state index in [1.54, 1.807) is 36.4 Å². The predicted octanol–water partition coefficient (Wildman–Crippen LogP) is 5.30. The summed E-state index contributed by atoms with van der Waals surface area (Å²) in [5.41, 5.74) is 1.80. The van der Waals surface area contributed by atoms with Gasteiger partial charge in [0.05, 0.1) is 28.3 Å². The normalized spacial score (nSPS) is 11.4. The molecule has 0 amide bonds. The summed E-state index contributed by atoms with van der Waals surface area (Å²) in [6.45, 7) is 3.86. The van der Waals surface area contributed by atoms with Gasteiger partial charge in [-0.05, 0) is 50.2 Å². The van der Waals surface area contributed by atoms with E-state index in [1.165, 1.54) is 6.26 Å². The van der Waals surface area contributed by atoms with Crippen LogP contribution in [0.15, 0.2) is 51.6 Å². The summed E-state index contributed by atoms with van der Waals surface area (Å²) in [7, 11) is 0. The number of aromatic hydroxyl groups is 1. The molecule has 0 aliphatic heterocycles. The maximum absolute atomic E-state index is 9.88. The van der Waals surface area contributed by atoms with E-state index in [1.807, 2.05) is 13.8 Å². The molecule has 4 rings (SSSR count). The minimum atomic E-state index is 0.0264. The molecule has 0 unspecified atom stereocenters. The first-order valence-corrected chi connectivity index (χ1v) is 8.40. The SMILES string of the molecule is CC(C)Oc1ccc(-c2nc(-c3ccc(O)c4ccoc34)no2)cc1Cl. The summed E-state index contributed by atoms with van der Waals surface area (Å²) in [5, 5.41) is 15.0. The van der Waals surface area contributed by atoms with Crippen LogP contribution in [-0.2, 0) is 0 Å². The molecule has 0 radical (unpaired) electrons. The molecule has 0 bridgehead atoms. The minimum absolute atomic E-state index is 0.0264. The number of fused-ring (bicyclic) bond motifs is 1. The molecule has 0 spiro atoms. The van der Waals surface area contributed by atoms with Crippen molar-refractivity contribution in [1.82, 2.24) is 10.1 Å². The Kier molecular flexibility index (Phi) is 4.05. The molecular formula is C19H15ClN2O4. The van der Waals surface area contributed by atoms with Crippen molar-refractivity contribution in [3.05, 3.63) is 47.7 Å². The highest BCUT2D eigenvalue weighted by atomic mass is 35.5. The number of phenolic OH excluding ortho intramolecular Hbond substituents is 1. The van der Waals surface area contributed by atoms with Gasteiger partial charge in [0.25, 0.3) is 5.89 Å². The highest BCUT2D eigenvalue weighted by molar-refractivity contribution is 6.32. The number of halogens is 1. The summed E-state index contributed by atoms with van der Waals surface area (Å²) >= 11 is 6.27. The average molecular weight is 371 g/mol. The third-order valence-electron chi connectivity index (χ3n) is 3.80. The molecule has 2 aromatic carbocycles. The summed E-state index contributed by atoms with van der Waals surface area (Å²) in [6.07, 6.45) is 1.53. The Balaban J connectivity index is 1.71. The van der Waals surface area contributed by atoms with E-state index in [-0.39, 0.29) is 11.9 Å². The van der Waals surface area contributed by atoms with Gasteiger partial charge in [-0.25, -0.2) is 0 Å². The molecule has 132 valence electrons. The third kappa shape index (κ3) is 2.88. The lowest BCUT2D eigenvalue weighted by atomic mass is 10.1. The van der Waals surface area contributed by atoms with E-state index in [2.05, 4.69) is 10.1 Å². The average Bonchev–Trinajstić information content (AvgIpc) is 3.26. The van der Waals surface area contributed by atoms with Crippen LogP contribution in [0.2, 0.25) is 5.02 Å². The highest BCUT2D eigenvalue weighted by Gasteiger charge is 2.17. The Morgan fingerprint density at radius 1 is 1.15 bits per heavy atom. The summed E-state index contributed by atoms with van der Waals surface area (Å²) < 4.78 is 16.4. The maximum Gasteiger partial charge on any atom is 0.258 e. The zero-order valence-electron chi connectivity index (χ0n) is 14.1. The van der Waals surface area contributed by atoms with E-state index in [0.717, 1.165) is 0 Å². The topological polar surface area (TPSA) is 81.5 Å². The Hall–Kier alpha value is -2.99. The lowest BCUT2D eigenvalue weighted by Gasteiger charge is -2.11. The van der Waals surface area contributed by atoms with Crippen LogP contribution in [0.5, 0.6) is 11.5 Å². The Bertz CT molecular complexity index is 1080. The van der Waals surface area contributed by atoms with Crippen LogP contribution in [-0.4, -0.2) is 21.4 Å². The lowest BCUT2D eigenvalue weighted by molar-refractivity contribution is 0.242. The monoisotopic (exact) mass is 370 g/mol. The van der Waals surface area contributed by atoms with Crippen LogP contribution in [0.3, 0.4) is 0 Å². The van der Waals surface area contributed by atoms with E-state index in [4.69, 9.17) is 25.3 Å². The van der Waals surface area contributed by atoms with Crippen molar-refractivity contribution in [2.45, 2.75) is 20.0 Å². The molecule has 1 N–H and O–H groups in total. The van der Waals surface area contributed by atoms with Crippen LogP contribution in [0, 0.1) is 0 Å². The van der Waals surface area contributed by atoms with Crippen molar-refractivity contribution in [2.75, 3.05) is 0 Å². The van der Waals surface area contributed by atoms with Crippen molar-refractivity contribution >= 4 is 22.6 Å². The van der Waals surface area contributed by atoms with E-state index in [9.17, 15) is 5.11 Å². The van der Waals surface area contributed by atoms with Gasteiger partial charge in [0, 0.05) is 5.56 Å². The standard InChI is InChI=1S/C19H15ClN2O4/c1-10(2)25-16-6-3-11(9-14(16)20)19-21-18(22-26-19)13-4-5-15(23)12-7-8-24-17(12)13/h3-10,23H,1-2H3. The van der Waals surface area contributed by atoms with Gasteiger partial charge in [0.15, 0.2) is 0 Å². The molecule has 0 aliphatic carbocycles. The Morgan fingerprint density at radius 2 is 2.00 bits per heavy atom. The van der Waals surface area contributed by atoms with E-state index < -0.39 is 0 Å². The van der Waals surface area contributed by atoms with Crippen LogP contribution < -0.4 is 4.74 Å². The number of nitrogens with zero attached hydrogens (tertiary/aromatic N) is 2. The smallest absolute Gasteiger partial charge is 0.258 e. The van der Waals surface area contributed by atoms with Gasteiger partial charge in [0.1, 0.15) is 17.1 Å². The third-order valence-corrected chi connectivity index (χ3v) is 4.10. The molecule has 6 nitrogen and oxygen atoms in total. The molecule has 26 heavy (non-hydrogen) atoms. The van der Waals surface area contributed by atoms with Gasteiger partial charge < -0.3 is 18.8 Å². The second-order valence-electron chi connectivity index (χ2n) is 6.03. The van der Waals surface area contributed by atoms with Crippen LogP contribution in [0.4, 0.5) is 0 Å². The molecule has 0 fully saturated rings. The Labute approximate surface area is 154 Å². The first-order chi connectivity index (χ1) is 12.5. The molecular weight excluding hydrogens is 356 g/mol. The van der Waals surface area contributed by atoms with Gasteiger partial charge >= 0.3 is 0 Å². The molecule has 0 aliphatic rings. The minimum Gasteiger partial charge on any atom is -0.507 e. The zero-order chi connectivity index (χ0) is 18.3. The molecule has 0 saturated heterocycles. The predicted molar refractivity (Wildman–Crippen MR) is 97.4 cm³/mol. The fourth-order valence-corrected chi connectivity index (χ4v) is 2.88. The van der Waals surface area contributed by atoms with Crippen LogP contribution >= 0.6 is 11.6 Å². The number of benzene rings is 2. The number of ether oxygens (including phenoxy) is 1. The molecule has 0 atom stereocenters. The van der Waals surface area contributed by atoms with Crippen molar-refractivity contribution in [3.8, 4) is 34.3 Å². The van der Waals surface area contributed by atoms with Crippen LogP contribution in [0.25, 0.3) is 33.8 Å². The number of hydrogen-bond acceptors (Lipinski definition) is 6. The number of aromatic nitrogens is 2. The molecule has 0 saturated carbocycles. The van der Waals surface area contributed by atoms with Crippen molar-refractivity contribution in [3.63, 3.8) is 0 Å². The van der Waals surface area contributed by atoms with E-state index >= 15 is 0 Å². The first-order valence-electron chi connectivity index (χ1n) is 8.03. The second-order valence-corrected chi connectivity index (χ2v) is 6.44. The van der Waals surface area contributed by atoms with Crippen molar-refractivity contribution in [2.24, 2.45) is 0 Å². The zero-order valence-corrected chi connectivity index (χ0v) is 14.8. The van der Waals surface area contributed by atoms with Gasteiger partial charge in [-0.2, -0.15) is 4.98 Å². The first kappa shape index (κ1) is 16.5. The second kappa shape index (κ2) is 6.38. The fourth-order valence-electron chi connectivity index (χ4n) is 2.66. The molecule has 2 aromatic heterocycles. The van der Waals surface area contributed by atoms with Crippen LogP contribution in [0.1, 0.15) is 13.8 Å². The number of rotatable bonds is 4. The summed E-state index contributed by atoms with van der Waals surface area (Å²) in [5.74, 6) is 1.42. The quantitative estimate of drug-likeness (QED) is 0.525. The molecule has 7 heteroatoms. The van der Waals surface area contributed by atoms with Gasteiger partial charge in [-0.1, -0.05) is 16.8 Å². The Morgan fingerprint density at radius 3 is 2.77 bits per heavy atom. The van der Waals surface area contributed by atoms with Crippen molar-refractivity contribution < 1.29 is 18.8 Å². The van der Waals surface area contributed by atoms with Gasteiger partial charge in [0.2, 0.25) is 5.82 Å². The summed E-state index contributed by atoms with van der Waals surface area (Å²) in [6, 6.07) is 10.2. The largest absolute Gasteiger partial charge is 0.507 e. The highest BCUT2D eigenvalue weighted by Crippen LogP contribution is 2.35. The van der Waals surface area contributed by atoms with Crippen molar-refractivity contribution in [1.29, 1.82) is 0 Å². The number of furan rings is 1. The maximum atomic E-state index is 9.88. The molecule has 2 heterocycles.